The molecule has 25 heavy (non-hydrogen) atoms. The molecule has 0 radical (unpaired) electrons. The van der Waals surface area contributed by atoms with Crippen molar-refractivity contribution < 1.29 is 8.83 Å². The van der Waals surface area contributed by atoms with Gasteiger partial charge in [-0.05, 0) is 36.8 Å². The van der Waals surface area contributed by atoms with Gasteiger partial charge in [-0.15, -0.1) is 10.2 Å². The highest BCUT2D eigenvalue weighted by molar-refractivity contribution is 7.98. The minimum atomic E-state index is 0.384. The van der Waals surface area contributed by atoms with Crippen LogP contribution in [-0.4, -0.2) is 19.7 Å². The summed E-state index contributed by atoms with van der Waals surface area (Å²) < 4.78 is 13.1. The first-order valence-electron chi connectivity index (χ1n) is 7.89. The highest BCUT2D eigenvalue weighted by Gasteiger charge is 2.15. The molecule has 4 aromatic rings. The van der Waals surface area contributed by atoms with E-state index in [4.69, 9.17) is 25.4 Å². The van der Waals surface area contributed by atoms with Crippen LogP contribution < -0.4 is 0 Å². The molecule has 0 unspecified atom stereocenters. The Kier molecular flexibility index (Phi) is 4.50. The van der Waals surface area contributed by atoms with E-state index in [1.165, 1.54) is 0 Å². The average Bonchev–Trinajstić information content (AvgIpc) is 3.33. The summed E-state index contributed by atoms with van der Waals surface area (Å²) >= 11 is 7.65. The van der Waals surface area contributed by atoms with Gasteiger partial charge in [0.2, 0.25) is 5.89 Å². The monoisotopic (exact) mass is 374 g/mol. The third kappa shape index (κ3) is 3.29. The minimum Gasteiger partial charge on any atom is -0.459 e. The Bertz CT molecular complexity index is 994. The predicted molar refractivity (Wildman–Crippen MR) is 96.6 cm³/mol. The number of thioether (sulfide) groups is 1. The fraction of sp³-hybridized carbons (Fsp3) is 0.235. The largest absolute Gasteiger partial charge is 0.459 e. The summed E-state index contributed by atoms with van der Waals surface area (Å²) in [5, 5.41) is 9.69. The van der Waals surface area contributed by atoms with Crippen molar-refractivity contribution in [3.8, 4) is 11.7 Å². The van der Waals surface area contributed by atoms with Crippen LogP contribution >= 0.6 is 23.4 Å². The van der Waals surface area contributed by atoms with Crippen molar-refractivity contribution in [3.63, 3.8) is 0 Å². The number of furan rings is 1. The Hall–Kier alpha value is -2.25. The van der Waals surface area contributed by atoms with Gasteiger partial charge in [-0.3, -0.25) is 0 Å². The second-order valence-corrected chi connectivity index (χ2v) is 6.82. The van der Waals surface area contributed by atoms with Gasteiger partial charge in [0.25, 0.3) is 5.89 Å². The van der Waals surface area contributed by atoms with Crippen LogP contribution in [0.15, 0.2) is 50.6 Å². The highest BCUT2D eigenvalue weighted by atomic mass is 35.5. The Morgan fingerprint density at radius 1 is 1.24 bits per heavy atom. The smallest absolute Gasteiger partial charge is 0.283 e. The molecule has 0 aliphatic carbocycles. The molecular formula is C17H15ClN4O2S. The molecule has 8 heteroatoms. The molecule has 0 spiro atoms. The number of hydrogen-bond donors (Lipinski definition) is 0. The van der Waals surface area contributed by atoms with Gasteiger partial charge in [-0.25, -0.2) is 4.98 Å². The van der Waals surface area contributed by atoms with E-state index in [1.807, 2.05) is 18.2 Å². The van der Waals surface area contributed by atoms with Gasteiger partial charge < -0.3 is 13.4 Å². The Balaban J connectivity index is 1.57. The van der Waals surface area contributed by atoms with E-state index < -0.39 is 0 Å². The minimum absolute atomic E-state index is 0.384. The number of aryl methyl sites for hydroxylation is 1. The SMILES string of the molecule is CCCn1c(SCc2nnc(-c3ccco3)o2)nc2cc(Cl)ccc21. The van der Waals surface area contributed by atoms with E-state index in [1.54, 1.807) is 30.2 Å². The number of nitrogens with zero attached hydrogens (tertiary/aromatic N) is 4. The maximum absolute atomic E-state index is 6.08. The molecule has 0 aliphatic heterocycles. The van der Waals surface area contributed by atoms with Crippen molar-refractivity contribution in [1.82, 2.24) is 19.7 Å². The molecule has 0 amide bonds. The van der Waals surface area contributed by atoms with E-state index in [0.29, 0.717) is 28.3 Å². The topological polar surface area (TPSA) is 69.9 Å². The first kappa shape index (κ1) is 16.2. The molecule has 0 saturated heterocycles. The number of aromatic nitrogens is 4. The molecule has 0 saturated carbocycles. The lowest BCUT2D eigenvalue weighted by atomic mass is 10.3. The fourth-order valence-corrected chi connectivity index (χ4v) is 3.61. The molecule has 0 N–H and O–H groups in total. The van der Waals surface area contributed by atoms with Crippen LogP contribution in [0.25, 0.3) is 22.7 Å². The number of hydrogen-bond acceptors (Lipinski definition) is 6. The first-order chi connectivity index (χ1) is 12.2. The maximum Gasteiger partial charge on any atom is 0.283 e. The van der Waals surface area contributed by atoms with Crippen molar-refractivity contribution >= 4 is 34.4 Å². The Morgan fingerprint density at radius 2 is 2.16 bits per heavy atom. The van der Waals surface area contributed by atoms with Gasteiger partial charge in [0.05, 0.1) is 23.0 Å². The van der Waals surface area contributed by atoms with Crippen molar-refractivity contribution in [2.45, 2.75) is 30.8 Å². The molecule has 0 fully saturated rings. The van der Waals surface area contributed by atoms with E-state index in [0.717, 1.165) is 29.2 Å². The molecule has 128 valence electrons. The molecule has 1 aromatic carbocycles. The lowest BCUT2D eigenvalue weighted by Gasteiger charge is -2.06. The molecule has 0 bridgehead atoms. The Labute approximate surface area is 153 Å². The van der Waals surface area contributed by atoms with E-state index in [-0.39, 0.29) is 0 Å². The summed E-state index contributed by atoms with van der Waals surface area (Å²) in [6.45, 7) is 3.03. The van der Waals surface area contributed by atoms with Gasteiger partial charge in [0.15, 0.2) is 10.9 Å². The summed E-state index contributed by atoms with van der Waals surface area (Å²) in [4.78, 5) is 4.70. The van der Waals surface area contributed by atoms with E-state index >= 15 is 0 Å². The van der Waals surface area contributed by atoms with Gasteiger partial charge in [-0.2, -0.15) is 0 Å². The summed E-state index contributed by atoms with van der Waals surface area (Å²) in [6.07, 6.45) is 2.59. The van der Waals surface area contributed by atoms with Crippen molar-refractivity contribution in [2.75, 3.05) is 0 Å². The number of rotatable bonds is 6. The van der Waals surface area contributed by atoms with Crippen molar-refractivity contribution in [2.24, 2.45) is 0 Å². The zero-order chi connectivity index (χ0) is 17.2. The fourth-order valence-electron chi connectivity index (χ4n) is 2.57. The van der Waals surface area contributed by atoms with E-state index in [2.05, 4.69) is 21.7 Å². The highest BCUT2D eigenvalue weighted by Crippen LogP contribution is 2.29. The van der Waals surface area contributed by atoms with Crippen molar-refractivity contribution in [3.05, 3.63) is 47.5 Å². The van der Waals surface area contributed by atoms with Gasteiger partial charge in [0.1, 0.15) is 0 Å². The third-order valence-electron chi connectivity index (χ3n) is 3.65. The molecule has 4 rings (SSSR count). The predicted octanol–water partition coefficient (Wildman–Crippen LogP) is 5.04. The first-order valence-corrected chi connectivity index (χ1v) is 9.26. The number of halogens is 1. The van der Waals surface area contributed by atoms with Crippen LogP contribution in [0.1, 0.15) is 19.2 Å². The lowest BCUT2D eigenvalue weighted by molar-refractivity contribution is 0.494. The zero-order valence-electron chi connectivity index (χ0n) is 13.5. The second kappa shape index (κ2) is 6.93. The summed E-state index contributed by atoms with van der Waals surface area (Å²) in [7, 11) is 0. The van der Waals surface area contributed by atoms with Crippen LogP contribution in [0.2, 0.25) is 5.02 Å². The second-order valence-electron chi connectivity index (χ2n) is 5.45. The summed E-state index contributed by atoms with van der Waals surface area (Å²) in [5.74, 6) is 2.02. The summed E-state index contributed by atoms with van der Waals surface area (Å²) in [6, 6.07) is 9.35. The Morgan fingerprint density at radius 3 is 2.96 bits per heavy atom. The van der Waals surface area contributed by atoms with Gasteiger partial charge >= 0.3 is 0 Å². The zero-order valence-corrected chi connectivity index (χ0v) is 15.0. The molecule has 6 nitrogen and oxygen atoms in total. The van der Waals surface area contributed by atoms with Gasteiger partial charge in [0, 0.05) is 11.6 Å². The van der Waals surface area contributed by atoms with Crippen molar-refractivity contribution in [1.29, 1.82) is 0 Å². The summed E-state index contributed by atoms with van der Waals surface area (Å²) in [5.41, 5.74) is 1.97. The number of benzene rings is 1. The van der Waals surface area contributed by atoms with Gasteiger partial charge in [-0.1, -0.05) is 30.3 Å². The lowest BCUT2D eigenvalue weighted by Crippen LogP contribution is -1.98. The molecule has 3 heterocycles. The molecular weight excluding hydrogens is 360 g/mol. The third-order valence-corrected chi connectivity index (χ3v) is 4.84. The normalized spacial score (nSPS) is 11.4. The van der Waals surface area contributed by atoms with Crippen LogP contribution in [0, 0.1) is 0 Å². The average molecular weight is 375 g/mol. The van der Waals surface area contributed by atoms with Crippen LogP contribution in [0.3, 0.4) is 0 Å². The molecule has 0 aliphatic rings. The molecule has 0 atom stereocenters. The quantitative estimate of drug-likeness (QED) is 0.440. The maximum atomic E-state index is 6.08. The van der Waals surface area contributed by atoms with Crippen LogP contribution in [0.5, 0.6) is 0 Å². The number of fused-ring (bicyclic) bond motifs is 1. The van der Waals surface area contributed by atoms with Crippen LogP contribution in [0.4, 0.5) is 0 Å². The number of imidazole rings is 1. The van der Waals surface area contributed by atoms with E-state index in [9.17, 15) is 0 Å². The molecule has 3 aromatic heterocycles. The van der Waals surface area contributed by atoms with Crippen LogP contribution in [-0.2, 0) is 12.3 Å². The standard InChI is InChI=1S/C17H15ClN4O2S/c1-2-7-22-13-6-5-11(18)9-12(13)19-17(22)25-10-15-20-21-16(24-15)14-4-3-8-23-14/h3-6,8-9H,2,7,10H2,1H3.